The fourth-order valence-corrected chi connectivity index (χ4v) is 2.51. The zero-order chi connectivity index (χ0) is 13.9. The Kier molecular flexibility index (Phi) is 3.48. The third kappa shape index (κ3) is 2.56. The van der Waals surface area contributed by atoms with Crippen LogP contribution in [-0.4, -0.2) is 10.1 Å². The number of aromatic nitrogens is 1. The number of aryl methyl sites for hydroxylation is 1. The maximum Gasteiger partial charge on any atom is 0.0845 e. The summed E-state index contributed by atoms with van der Waals surface area (Å²) in [7, 11) is 0. The average molecular weight is 263 g/mol. The Morgan fingerprint density at radius 2 is 1.70 bits per heavy atom. The van der Waals surface area contributed by atoms with Crippen molar-refractivity contribution in [2.45, 2.75) is 19.4 Å². The third-order valence-corrected chi connectivity index (χ3v) is 3.56. The van der Waals surface area contributed by atoms with E-state index in [1.54, 1.807) is 0 Å². The summed E-state index contributed by atoms with van der Waals surface area (Å²) in [5.74, 6) is 0. The van der Waals surface area contributed by atoms with Gasteiger partial charge in [0.1, 0.15) is 0 Å². The summed E-state index contributed by atoms with van der Waals surface area (Å²) >= 11 is 0. The molecular formula is C18H17NO. The second-order valence-electron chi connectivity index (χ2n) is 5.08. The smallest absolute Gasteiger partial charge is 0.0845 e. The van der Waals surface area contributed by atoms with E-state index in [4.69, 9.17) is 0 Å². The molecule has 1 unspecified atom stereocenters. The average Bonchev–Trinajstić information content (AvgIpc) is 2.48. The van der Waals surface area contributed by atoms with Gasteiger partial charge in [0, 0.05) is 17.5 Å². The van der Waals surface area contributed by atoms with Crippen molar-refractivity contribution in [3.05, 3.63) is 77.5 Å². The van der Waals surface area contributed by atoms with Gasteiger partial charge in [-0.25, -0.2) is 0 Å². The predicted molar refractivity (Wildman–Crippen MR) is 81.6 cm³/mol. The lowest BCUT2D eigenvalue weighted by molar-refractivity contribution is 0.177. The van der Waals surface area contributed by atoms with Crippen molar-refractivity contribution in [2.24, 2.45) is 0 Å². The molecular weight excluding hydrogens is 246 g/mol. The Bertz CT molecular complexity index is 722. The van der Waals surface area contributed by atoms with E-state index in [0.717, 1.165) is 16.8 Å². The van der Waals surface area contributed by atoms with Crippen LogP contribution in [0, 0.1) is 6.92 Å². The highest BCUT2D eigenvalue weighted by molar-refractivity contribution is 5.82. The Morgan fingerprint density at radius 1 is 1.00 bits per heavy atom. The van der Waals surface area contributed by atoms with E-state index in [-0.39, 0.29) is 0 Å². The third-order valence-electron chi connectivity index (χ3n) is 3.56. The summed E-state index contributed by atoms with van der Waals surface area (Å²) in [5.41, 5.74) is 4.05. The second kappa shape index (κ2) is 5.43. The van der Waals surface area contributed by atoms with Gasteiger partial charge in [-0.05, 0) is 30.2 Å². The van der Waals surface area contributed by atoms with E-state index >= 15 is 0 Å². The lowest BCUT2D eigenvalue weighted by Gasteiger charge is -2.12. The number of rotatable bonds is 3. The highest BCUT2D eigenvalue weighted by atomic mass is 16.3. The van der Waals surface area contributed by atoms with Gasteiger partial charge >= 0.3 is 0 Å². The molecule has 1 N–H and O–H groups in total. The summed E-state index contributed by atoms with van der Waals surface area (Å²) in [6, 6.07) is 19.9. The van der Waals surface area contributed by atoms with Crippen molar-refractivity contribution >= 4 is 10.9 Å². The first-order valence-electron chi connectivity index (χ1n) is 6.82. The van der Waals surface area contributed by atoms with Crippen molar-refractivity contribution in [3.63, 3.8) is 0 Å². The van der Waals surface area contributed by atoms with Gasteiger partial charge in [-0.3, -0.25) is 4.98 Å². The fraction of sp³-hybridized carbons (Fsp3) is 0.167. The van der Waals surface area contributed by atoms with Crippen LogP contribution in [0.1, 0.15) is 22.9 Å². The SMILES string of the molecule is Cc1cc(CC(O)c2ccccc2)nc2ccccc12. The van der Waals surface area contributed by atoms with Gasteiger partial charge in [0.05, 0.1) is 11.6 Å². The van der Waals surface area contributed by atoms with Gasteiger partial charge in [0.15, 0.2) is 0 Å². The summed E-state index contributed by atoms with van der Waals surface area (Å²) in [4.78, 5) is 4.64. The minimum absolute atomic E-state index is 0.510. The largest absolute Gasteiger partial charge is 0.388 e. The Balaban J connectivity index is 1.91. The monoisotopic (exact) mass is 263 g/mol. The van der Waals surface area contributed by atoms with Crippen LogP contribution < -0.4 is 0 Å². The molecule has 0 aliphatic carbocycles. The number of para-hydroxylation sites is 1. The Hall–Kier alpha value is -2.19. The first-order valence-corrected chi connectivity index (χ1v) is 6.82. The maximum absolute atomic E-state index is 10.3. The maximum atomic E-state index is 10.3. The van der Waals surface area contributed by atoms with Gasteiger partial charge in [0.2, 0.25) is 0 Å². The van der Waals surface area contributed by atoms with Gasteiger partial charge < -0.3 is 5.11 Å². The van der Waals surface area contributed by atoms with Crippen LogP contribution in [0.15, 0.2) is 60.7 Å². The first-order chi connectivity index (χ1) is 9.74. The van der Waals surface area contributed by atoms with Crippen LogP contribution in [-0.2, 0) is 6.42 Å². The van der Waals surface area contributed by atoms with E-state index in [1.165, 1.54) is 10.9 Å². The predicted octanol–water partition coefficient (Wildman–Crippen LogP) is 3.82. The number of benzene rings is 2. The minimum Gasteiger partial charge on any atom is -0.388 e. The number of hydrogen-bond donors (Lipinski definition) is 1. The summed E-state index contributed by atoms with van der Waals surface area (Å²) in [6.45, 7) is 2.09. The summed E-state index contributed by atoms with van der Waals surface area (Å²) in [6.07, 6.45) is 0.0274. The molecule has 0 aliphatic heterocycles. The van der Waals surface area contributed by atoms with Crippen LogP contribution in [0.25, 0.3) is 10.9 Å². The molecule has 3 rings (SSSR count). The van der Waals surface area contributed by atoms with E-state index in [2.05, 4.69) is 24.0 Å². The number of aliphatic hydroxyl groups excluding tert-OH is 1. The molecule has 0 aliphatic rings. The number of nitrogens with zero attached hydrogens (tertiary/aromatic N) is 1. The van der Waals surface area contributed by atoms with Crippen molar-refractivity contribution < 1.29 is 5.11 Å². The van der Waals surface area contributed by atoms with Crippen molar-refractivity contribution in [1.29, 1.82) is 0 Å². The molecule has 1 aromatic heterocycles. The topological polar surface area (TPSA) is 33.1 Å². The minimum atomic E-state index is -0.510. The molecule has 2 aromatic carbocycles. The zero-order valence-electron chi connectivity index (χ0n) is 11.5. The molecule has 20 heavy (non-hydrogen) atoms. The molecule has 100 valence electrons. The molecule has 3 aromatic rings. The molecule has 1 heterocycles. The van der Waals surface area contributed by atoms with Crippen molar-refractivity contribution in [1.82, 2.24) is 4.98 Å². The quantitative estimate of drug-likeness (QED) is 0.779. The number of hydrogen-bond acceptors (Lipinski definition) is 2. The first kappa shape index (κ1) is 12.8. The molecule has 0 fully saturated rings. The molecule has 2 nitrogen and oxygen atoms in total. The molecule has 2 heteroatoms. The van der Waals surface area contributed by atoms with Crippen LogP contribution in [0.2, 0.25) is 0 Å². The van der Waals surface area contributed by atoms with Crippen molar-refractivity contribution in [3.8, 4) is 0 Å². The van der Waals surface area contributed by atoms with Gasteiger partial charge in [0.25, 0.3) is 0 Å². The molecule has 0 spiro atoms. The number of pyridine rings is 1. The summed E-state index contributed by atoms with van der Waals surface area (Å²) < 4.78 is 0. The van der Waals surface area contributed by atoms with Gasteiger partial charge in [-0.2, -0.15) is 0 Å². The molecule has 0 bridgehead atoms. The van der Waals surface area contributed by atoms with Gasteiger partial charge in [-0.1, -0.05) is 48.5 Å². The Labute approximate surface area is 118 Å². The zero-order valence-corrected chi connectivity index (χ0v) is 11.5. The lowest BCUT2D eigenvalue weighted by atomic mass is 10.0. The summed E-state index contributed by atoms with van der Waals surface area (Å²) in [5, 5.41) is 11.5. The number of aliphatic hydroxyl groups is 1. The van der Waals surface area contributed by atoms with Gasteiger partial charge in [-0.15, -0.1) is 0 Å². The lowest BCUT2D eigenvalue weighted by Crippen LogP contribution is -2.04. The fourth-order valence-electron chi connectivity index (χ4n) is 2.51. The molecule has 0 amide bonds. The molecule has 0 saturated heterocycles. The molecule has 0 radical (unpaired) electrons. The second-order valence-corrected chi connectivity index (χ2v) is 5.08. The normalized spacial score (nSPS) is 12.5. The number of fused-ring (bicyclic) bond motifs is 1. The van der Waals surface area contributed by atoms with E-state index in [9.17, 15) is 5.11 Å². The highest BCUT2D eigenvalue weighted by Crippen LogP contribution is 2.21. The van der Waals surface area contributed by atoms with E-state index in [0.29, 0.717) is 6.42 Å². The van der Waals surface area contributed by atoms with Crippen LogP contribution in [0.3, 0.4) is 0 Å². The molecule has 1 atom stereocenters. The standard InChI is InChI=1S/C18H17NO/c1-13-11-15(19-17-10-6-5-9-16(13)17)12-18(20)14-7-3-2-4-8-14/h2-11,18,20H,12H2,1H3. The van der Waals surface area contributed by atoms with Crippen molar-refractivity contribution in [2.75, 3.05) is 0 Å². The van der Waals surface area contributed by atoms with E-state index in [1.807, 2.05) is 48.5 Å². The molecule has 0 saturated carbocycles. The van der Waals surface area contributed by atoms with E-state index < -0.39 is 6.10 Å². The Morgan fingerprint density at radius 3 is 2.50 bits per heavy atom. The van der Waals surface area contributed by atoms with Crippen LogP contribution >= 0.6 is 0 Å². The highest BCUT2D eigenvalue weighted by Gasteiger charge is 2.10. The van der Waals surface area contributed by atoms with Crippen LogP contribution in [0.5, 0.6) is 0 Å². The van der Waals surface area contributed by atoms with Crippen LogP contribution in [0.4, 0.5) is 0 Å².